The molecule has 2 aromatic rings. The predicted octanol–water partition coefficient (Wildman–Crippen LogP) is 8.43. The average Bonchev–Trinajstić information content (AvgIpc) is 2.79. The van der Waals surface area contributed by atoms with Crippen LogP contribution in [0.5, 0.6) is 17.2 Å². The van der Waals surface area contributed by atoms with E-state index in [4.69, 9.17) is 9.47 Å². The quantitative estimate of drug-likeness (QED) is 0.276. The Hall–Kier alpha value is -3.21. The van der Waals surface area contributed by atoms with Crippen molar-refractivity contribution in [2.45, 2.75) is 87.1 Å². The van der Waals surface area contributed by atoms with Gasteiger partial charge < -0.3 is 19.1 Å². The number of rotatable bonds is 13. The second-order valence-corrected chi connectivity index (χ2v) is 10.5. The molecule has 0 radical (unpaired) electrons. The van der Waals surface area contributed by atoms with Gasteiger partial charge in [0.1, 0.15) is 19.0 Å². The van der Waals surface area contributed by atoms with Crippen molar-refractivity contribution in [1.29, 1.82) is 0 Å². The number of phenols is 1. The van der Waals surface area contributed by atoms with Gasteiger partial charge in [-0.15, -0.1) is 0 Å². The number of ether oxygens (including phenoxy) is 2. The monoisotopic (exact) mass is 507 g/mol. The molecule has 0 aliphatic heterocycles. The maximum Gasteiger partial charge on any atom is 0.297 e. The van der Waals surface area contributed by atoms with Crippen LogP contribution in [0.15, 0.2) is 69.6 Å². The van der Waals surface area contributed by atoms with Crippen molar-refractivity contribution in [3.05, 3.63) is 75.1 Å². The number of aromatic nitrogens is 1. The molecule has 0 unspecified atom stereocenters. The minimum atomic E-state index is -0.261. The van der Waals surface area contributed by atoms with Crippen LogP contribution in [0, 0.1) is 0 Å². The molecule has 0 bridgehead atoms. The van der Waals surface area contributed by atoms with Gasteiger partial charge in [-0.2, -0.15) is 0 Å². The van der Waals surface area contributed by atoms with Gasteiger partial charge in [0.15, 0.2) is 5.75 Å². The molecule has 5 heteroatoms. The van der Waals surface area contributed by atoms with E-state index in [1.54, 1.807) is 22.8 Å². The lowest BCUT2D eigenvalue weighted by Crippen LogP contribution is -2.25. The summed E-state index contributed by atoms with van der Waals surface area (Å²) in [4.78, 5) is 13.6. The van der Waals surface area contributed by atoms with Crippen LogP contribution >= 0.6 is 0 Å². The Morgan fingerprint density at radius 2 is 1.35 bits per heavy atom. The molecule has 2 rings (SSSR count). The van der Waals surface area contributed by atoms with Gasteiger partial charge in [-0.25, -0.2) is 0 Å². The Morgan fingerprint density at radius 3 is 1.84 bits per heavy atom. The molecule has 1 aromatic carbocycles. The summed E-state index contributed by atoms with van der Waals surface area (Å²) in [5.74, 6) is 0.725. The molecular weight excluding hydrogens is 462 g/mol. The van der Waals surface area contributed by atoms with Gasteiger partial charge in [0.2, 0.25) is 5.75 Å². The summed E-state index contributed by atoms with van der Waals surface area (Å²) < 4.78 is 14.0. The van der Waals surface area contributed by atoms with Crippen LogP contribution in [0.2, 0.25) is 0 Å². The van der Waals surface area contributed by atoms with Crippen molar-refractivity contribution in [3.8, 4) is 17.2 Å². The van der Waals surface area contributed by atoms with E-state index in [1.807, 2.05) is 19.9 Å². The van der Waals surface area contributed by atoms with E-state index < -0.39 is 0 Å². The third kappa shape index (κ3) is 9.31. The van der Waals surface area contributed by atoms with E-state index in [2.05, 4.69) is 59.8 Å². The Labute approximate surface area is 222 Å². The Balaban J connectivity index is 2.41. The molecule has 0 aliphatic carbocycles. The van der Waals surface area contributed by atoms with Crippen LogP contribution in [-0.4, -0.2) is 22.9 Å². The lowest BCUT2D eigenvalue weighted by molar-refractivity contribution is 0.303. The maximum atomic E-state index is 13.6. The normalized spacial score (nSPS) is 12.1. The highest BCUT2D eigenvalue weighted by molar-refractivity contribution is 5.89. The summed E-state index contributed by atoms with van der Waals surface area (Å²) in [5.41, 5.74) is 5.43. The first-order chi connectivity index (χ1) is 17.5. The van der Waals surface area contributed by atoms with Crippen LogP contribution in [0.25, 0.3) is 10.9 Å². The zero-order valence-electron chi connectivity index (χ0n) is 24.0. The van der Waals surface area contributed by atoms with E-state index in [0.717, 1.165) is 31.1 Å². The number of pyridine rings is 1. The summed E-state index contributed by atoms with van der Waals surface area (Å²) in [7, 11) is 0. The predicted molar refractivity (Wildman–Crippen MR) is 156 cm³/mol. The summed E-state index contributed by atoms with van der Waals surface area (Å²) in [6, 6.07) is 4.90. The number of fused-ring (bicyclic) bond motifs is 1. The fraction of sp³-hybridized carbons (Fsp3) is 0.469. The van der Waals surface area contributed by atoms with Crippen LogP contribution in [-0.2, 0) is 0 Å². The number of allylic oxidation sites excluding steroid dienone is 6. The van der Waals surface area contributed by atoms with E-state index in [-0.39, 0.29) is 29.7 Å². The average molecular weight is 508 g/mol. The van der Waals surface area contributed by atoms with Gasteiger partial charge in [-0.05, 0) is 105 Å². The molecule has 1 aromatic heterocycles. The summed E-state index contributed by atoms with van der Waals surface area (Å²) >= 11 is 0. The molecule has 0 fully saturated rings. The molecule has 0 saturated heterocycles. The zero-order chi connectivity index (χ0) is 27.5. The number of aromatic hydroxyl groups is 1. The molecular formula is C32H45NO4. The summed E-state index contributed by atoms with van der Waals surface area (Å²) in [6.45, 7) is 17.1. The van der Waals surface area contributed by atoms with E-state index in [0.29, 0.717) is 17.9 Å². The van der Waals surface area contributed by atoms with Gasteiger partial charge in [0.05, 0.1) is 5.52 Å². The Kier molecular flexibility index (Phi) is 11.8. The van der Waals surface area contributed by atoms with Gasteiger partial charge >= 0.3 is 0 Å². The summed E-state index contributed by atoms with van der Waals surface area (Å²) in [5, 5.41) is 10.9. The van der Waals surface area contributed by atoms with Crippen LogP contribution in [0.4, 0.5) is 0 Å². The maximum absolute atomic E-state index is 13.6. The molecule has 0 amide bonds. The van der Waals surface area contributed by atoms with Gasteiger partial charge in [-0.3, -0.25) is 4.79 Å². The highest BCUT2D eigenvalue weighted by atomic mass is 16.5. The number of benzene rings is 1. The number of nitrogens with zero attached hydrogens (tertiary/aromatic N) is 1. The lowest BCUT2D eigenvalue weighted by Gasteiger charge is -2.20. The molecule has 1 heterocycles. The number of hydrogen-bond donors (Lipinski definition) is 1. The standard InChI is InChI=1S/C32H45NO4/c1-22(2)11-9-13-25(7)17-19-36-30-28-16-15-27(34)21-29(28)33(24(5)6)32(35)31(30)37-20-18-26(8)14-10-12-23(3)4/h11-12,15-18,21,24,34H,9-10,13-14,19-20H2,1-8H3/b25-17+,26-18+. The third-order valence-corrected chi connectivity index (χ3v) is 6.12. The molecule has 1 N–H and O–H groups in total. The largest absolute Gasteiger partial charge is 0.508 e. The molecule has 202 valence electrons. The Morgan fingerprint density at radius 1 is 0.838 bits per heavy atom. The van der Waals surface area contributed by atoms with Gasteiger partial charge in [0.25, 0.3) is 5.56 Å². The smallest absolute Gasteiger partial charge is 0.297 e. The molecule has 37 heavy (non-hydrogen) atoms. The second kappa shape index (κ2) is 14.5. The van der Waals surface area contributed by atoms with Gasteiger partial charge in [-0.1, -0.05) is 34.4 Å². The molecule has 0 atom stereocenters. The van der Waals surface area contributed by atoms with Crippen LogP contribution in [0.3, 0.4) is 0 Å². The van der Waals surface area contributed by atoms with Crippen LogP contribution < -0.4 is 15.0 Å². The number of hydrogen-bond acceptors (Lipinski definition) is 4. The van der Waals surface area contributed by atoms with E-state index >= 15 is 0 Å². The molecule has 5 nitrogen and oxygen atoms in total. The SMILES string of the molecule is CC(C)=CCC/C(C)=C/COc1c(OC/C=C(\C)CCC=C(C)C)c2ccc(O)cc2n(C(C)C)c1=O. The molecule has 0 spiro atoms. The third-order valence-electron chi connectivity index (χ3n) is 6.12. The summed E-state index contributed by atoms with van der Waals surface area (Å²) in [6.07, 6.45) is 12.4. The minimum Gasteiger partial charge on any atom is -0.508 e. The van der Waals surface area contributed by atoms with Crippen molar-refractivity contribution in [1.82, 2.24) is 4.57 Å². The minimum absolute atomic E-state index is 0.103. The fourth-order valence-corrected chi connectivity index (χ4v) is 4.05. The van der Waals surface area contributed by atoms with Crippen molar-refractivity contribution < 1.29 is 14.6 Å². The van der Waals surface area contributed by atoms with Crippen molar-refractivity contribution in [2.24, 2.45) is 0 Å². The lowest BCUT2D eigenvalue weighted by atomic mass is 10.1. The van der Waals surface area contributed by atoms with Crippen molar-refractivity contribution in [3.63, 3.8) is 0 Å². The fourth-order valence-electron chi connectivity index (χ4n) is 4.05. The zero-order valence-corrected chi connectivity index (χ0v) is 24.0. The van der Waals surface area contributed by atoms with Crippen molar-refractivity contribution >= 4 is 10.9 Å². The first-order valence-electron chi connectivity index (χ1n) is 13.3. The van der Waals surface area contributed by atoms with E-state index in [9.17, 15) is 9.90 Å². The highest BCUT2D eigenvalue weighted by Crippen LogP contribution is 2.35. The van der Waals surface area contributed by atoms with E-state index in [1.165, 1.54) is 22.3 Å². The number of phenolic OH excluding ortho intramolecular Hbond substituents is 1. The van der Waals surface area contributed by atoms with Crippen molar-refractivity contribution in [2.75, 3.05) is 13.2 Å². The van der Waals surface area contributed by atoms with Crippen LogP contribution in [0.1, 0.15) is 87.1 Å². The highest BCUT2D eigenvalue weighted by Gasteiger charge is 2.21. The Bertz CT molecular complexity index is 1230. The van der Waals surface area contributed by atoms with Gasteiger partial charge in [0, 0.05) is 17.5 Å². The molecule has 0 saturated carbocycles. The second-order valence-electron chi connectivity index (χ2n) is 10.5. The topological polar surface area (TPSA) is 60.7 Å². The first kappa shape index (κ1) is 30.0. The first-order valence-corrected chi connectivity index (χ1v) is 13.3. The molecule has 0 aliphatic rings.